The minimum atomic E-state index is -0.0866. The number of nitrogens with two attached hydrogens (primary N) is 1. The standard InChI is InChI=1S/C13H22N4O/c1-4-13(7-6-8-13)15-12(18)11-10(14)9(3)16-17(11)5-2/h4-8,14H2,1-3H3,(H,15,18). The summed E-state index contributed by atoms with van der Waals surface area (Å²) >= 11 is 0. The summed E-state index contributed by atoms with van der Waals surface area (Å²) < 4.78 is 1.68. The van der Waals surface area contributed by atoms with Gasteiger partial charge in [-0.3, -0.25) is 9.48 Å². The summed E-state index contributed by atoms with van der Waals surface area (Å²) in [6, 6.07) is 0. The van der Waals surface area contributed by atoms with Crippen molar-refractivity contribution in [3.8, 4) is 0 Å². The van der Waals surface area contributed by atoms with Crippen LogP contribution in [-0.2, 0) is 6.54 Å². The van der Waals surface area contributed by atoms with E-state index in [1.807, 2.05) is 13.8 Å². The van der Waals surface area contributed by atoms with Crippen molar-refractivity contribution in [3.63, 3.8) is 0 Å². The number of nitrogens with zero attached hydrogens (tertiary/aromatic N) is 2. The maximum atomic E-state index is 12.4. The molecular formula is C13H22N4O. The molecule has 5 nitrogen and oxygen atoms in total. The largest absolute Gasteiger partial charge is 0.395 e. The van der Waals surface area contributed by atoms with Crippen LogP contribution in [0.1, 0.15) is 55.7 Å². The lowest BCUT2D eigenvalue weighted by atomic mass is 9.75. The first kappa shape index (κ1) is 12.9. The van der Waals surface area contributed by atoms with Gasteiger partial charge in [-0.1, -0.05) is 6.92 Å². The molecule has 0 atom stereocenters. The monoisotopic (exact) mass is 250 g/mol. The van der Waals surface area contributed by atoms with Gasteiger partial charge in [0, 0.05) is 12.1 Å². The van der Waals surface area contributed by atoms with E-state index in [-0.39, 0.29) is 11.4 Å². The Balaban J connectivity index is 2.23. The van der Waals surface area contributed by atoms with Crippen molar-refractivity contribution in [2.75, 3.05) is 5.73 Å². The van der Waals surface area contributed by atoms with Crippen LogP contribution in [0.15, 0.2) is 0 Å². The number of carbonyl (C=O) groups is 1. The molecule has 0 radical (unpaired) electrons. The van der Waals surface area contributed by atoms with Gasteiger partial charge in [0.1, 0.15) is 5.69 Å². The van der Waals surface area contributed by atoms with Crippen LogP contribution in [0.5, 0.6) is 0 Å². The Bertz CT molecular complexity index is 454. The van der Waals surface area contributed by atoms with E-state index >= 15 is 0 Å². The average molecular weight is 250 g/mol. The first-order chi connectivity index (χ1) is 8.53. The summed E-state index contributed by atoms with van der Waals surface area (Å²) in [5.74, 6) is -0.0866. The predicted molar refractivity (Wildman–Crippen MR) is 71.4 cm³/mol. The molecule has 1 heterocycles. The van der Waals surface area contributed by atoms with E-state index in [4.69, 9.17) is 5.73 Å². The molecular weight excluding hydrogens is 228 g/mol. The van der Waals surface area contributed by atoms with Gasteiger partial charge in [-0.25, -0.2) is 0 Å². The summed E-state index contributed by atoms with van der Waals surface area (Å²) in [6.07, 6.45) is 4.29. The maximum absolute atomic E-state index is 12.4. The van der Waals surface area contributed by atoms with E-state index in [1.54, 1.807) is 4.68 Å². The van der Waals surface area contributed by atoms with Crippen LogP contribution in [0.3, 0.4) is 0 Å². The summed E-state index contributed by atoms with van der Waals surface area (Å²) in [7, 11) is 0. The summed E-state index contributed by atoms with van der Waals surface area (Å²) in [5, 5.41) is 7.43. The normalized spacial score (nSPS) is 17.3. The molecule has 2 rings (SSSR count). The molecule has 1 saturated carbocycles. The number of hydrogen-bond donors (Lipinski definition) is 2. The summed E-state index contributed by atoms with van der Waals surface area (Å²) in [6.45, 7) is 6.56. The van der Waals surface area contributed by atoms with Gasteiger partial charge in [0.2, 0.25) is 0 Å². The molecule has 1 aromatic heterocycles. The number of rotatable bonds is 4. The minimum Gasteiger partial charge on any atom is -0.395 e. The van der Waals surface area contributed by atoms with Crippen molar-refractivity contribution in [1.82, 2.24) is 15.1 Å². The first-order valence-corrected chi connectivity index (χ1v) is 6.68. The second-order valence-corrected chi connectivity index (χ2v) is 5.11. The Kier molecular flexibility index (Phi) is 3.32. The summed E-state index contributed by atoms with van der Waals surface area (Å²) in [4.78, 5) is 12.4. The highest BCUT2D eigenvalue weighted by Crippen LogP contribution is 2.35. The molecule has 0 saturated heterocycles. The number of aryl methyl sites for hydroxylation is 2. The number of carbonyl (C=O) groups excluding carboxylic acids is 1. The molecule has 18 heavy (non-hydrogen) atoms. The van der Waals surface area contributed by atoms with Crippen LogP contribution in [0, 0.1) is 6.92 Å². The quantitative estimate of drug-likeness (QED) is 0.856. The minimum absolute atomic E-state index is 0.0136. The van der Waals surface area contributed by atoms with Crippen LogP contribution in [0.25, 0.3) is 0 Å². The SMILES string of the molecule is CCn1nc(C)c(N)c1C(=O)NC1(CC)CCC1. The maximum Gasteiger partial charge on any atom is 0.272 e. The Morgan fingerprint density at radius 3 is 2.61 bits per heavy atom. The van der Waals surface area contributed by atoms with Crippen molar-refractivity contribution < 1.29 is 4.79 Å². The number of hydrogen-bond acceptors (Lipinski definition) is 3. The number of nitrogens with one attached hydrogen (secondary N) is 1. The Labute approximate surface area is 108 Å². The molecule has 0 aromatic carbocycles. The second kappa shape index (κ2) is 4.63. The topological polar surface area (TPSA) is 72.9 Å². The highest BCUT2D eigenvalue weighted by Gasteiger charge is 2.37. The van der Waals surface area contributed by atoms with Gasteiger partial charge in [0.25, 0.3) is 5.91 Å². The fourth-order valence-electron chi connectivity index (χ4n) is 2.53. The highest BCUT2D eigenvalue weighted by molar-refractivity contribution is 5.98. The van der Waals surface area contributed by atoms with Gasteiger partial charge in [-0.15, -0.1) is 0 Å². The van der Waals surface area contributed by atoms with Crippen LogP contribution < -0.4 is 11.1 Å². The Morgan fingerprint density at radius 1 is 1.50 bits per heavy atom. The third kappa shape index (κ3) is 1.98. The van der Waals surface area contributed by atoms with Crippen LogP contribution in [-0.4, -0.2) is 21.2 Å². The van der Waals surface area contributed by atoms with E-state index in [1.165, 1.54) is 6.42 Å². The van der Waals surface area contributed by atoms with Crippen LogP contribution >= 0.6 is 0 Å². The molecule has 100 valence electrons. The zero-order valence-corrected chi connectivity index (χ0v) is 11.4. The van der Waals surface area contributed by atoms with E-state index in [9.17, 15) is 4.79 Å². The molecule has 3 N–H and O–H groups in total. The van der Waals surface area contributed by atoms with Gasteiger partial charge >= 0.3 is 0 Å². The Hall–Kier alpha value is -1.52. The molecule has 0 aliphatic heterocycles. The van der Waals surface area contributed by atoms with Gasteiger partial charge in [0.05, 0.1) is 11.4 Å². The van der Waals surface area contributed by atoms with Gasteiger partial charge in [-0.2, -0.15) is 5.10 Å². The lowest BCUT2D eigenvalue weighted by molar-refractivity contribution is 0.0810. The van der Waals surface area contributed by atoms with E-state index in [0.29, 0.717) is 17.9 Å². The molecule has 0 unspecified atom stereocenters. The van der Waals surface area contributed by atoms with Crippen molar-refractivity contribution in [1.29, 1.82) is 0 Å². The first-order valence-electron chi connectivity index (χ1n) is 6.68. The fraction of sp³-hybridized carbons (Fsp3) is 0.692. The Morgan fingerprint density at radius 2 is 2.17 bits per heavy atom. The zero-order valence-electron chi connectivity index (χ0n) is 11.4. The van der Waals surface area contributed by atoms with Crippen LogP contribution in [0.4, 0.5) is 5.69 Å². The second-order valence-electron chi connectivity index (χ2n) is 5.11. The third-order valence-electron chi connectivity index (χ3n) is 4.05. The smallest absolute Gasteiger partial charge is 0.272 e. The number of amides is 1. The lowest BCUT2D eigenvalue weighted by Crippen LogP contribution is -2.53. The molecule has 5 heteroatoms. The van der Waals surface area contributed by atoms with E-state index in [0.717, 1.165) is 25.0 Å². The molecule has 1 aliphatic carbocycles. The fourth-order valence-corrected chi connectivity index (χ4v) is 2.53. The number of aromatic nitrogens is 2. The summed E-state index contributed by atoms with van der Waals surface area (Å²) in [5.41, 5.74) is 7.67. The molecule has 1 amide bonds. The molecule has 1 aliphatic rings. The third-order valence-corrected chi connectivity index (χ3v) is 4.05. The van der Waals surface area contributed by atoms with Crippen molar-refractivity contribution >= 4 is 11.6 Å². The molecule has 0 spiro atoms. The van der Waals surface area contributed by atoms with Crippen molar-refractivity contribution in [3.05, 3.63) is 11.4 Å². The van der Waals surface area contributed by atoms with Crippen molar-refractivity contribution in [2.45, 2.75) is 58.5 Å². The zero-order chi connectivity index (χ0) is 13.3. The van der Waals surface area contributed by atoms with Crippen LogP contribution in [0.2, 0.25) is 0 Å². The molecule has 1 fully saturated rings. The predicted octanol–water partition coefficient (Wildman–Crippen LogP) is 1.86. The van der Waals surface area contributed by atoms with Gasteiger partial charge in [0.15, 0.2) is 0 Å². The van der Waals surface area contributed by atoms with Crippen molar-refractivity contribution in [2.24, 2.45) is 0 Å². The highest BCUT2D eigenvalue weighted by atomic mass is 16.2. The van der Waals surface area contributed by atoms with E-state index in [2.05, 4.69) is 17.3 Å². The van der Waals surface area contributed by atoms with E-state index < -0.39 is 0 Å². The average Bonchev–Trinajstić information content (AvgIpc) is 2.60. The lowest BCUT2D eigenvalue weighted by Gasteiger charge is -2.42. The number of anilines is 1. The number of nitrogen functional groups attached to an aromatic ring is 1. The van der Waals surface area contributed by atoms with Gasteiger partial charge in [-0.05, 0) is 39.5 Å². The molecule has 0 bridgehead atoms. The molecule has 1 aromatic rings. The van der Waals surface area contributed by atoms with Gasteiger partial charge < -0.3 is 11.1 Å².